The van der Waals surface area contributed by atoms with Gasteiger partial charge < -0.3 is 19.9 Å². The molecule has 54 heavy (non-hydrogen) atoms. The largest absolute Gasteiger partial charge is 0.509 e. The topological polar surface area (TPSA) is 119 Å². The highest BCUT2D eigenvalue weighted by Crippen LogP contribution is 2.47. The van der Waals surface area contributed by atoms with Crippen LogP contribution >= 0.6 is 0 Å². The van der Waals surface area contributed by atoms with Crippen LogP contribution in [0.4, 0.5) is 40.8 Å². The van der Waals surface area contributed by atoms with Crippen LogP contribution in [-0.4, -0.2) is 108 Å². The number of carbonyl (C=O) groups excluding carboxylic acids is 2. The smallest absolute Gasteiger partial charge is 0.416 e. The van der Waals surface area contributed by atoms with Crippen LogP contribution in [0.15, 0.2) is 51.6 Å². The highest BCUT2D eigenvalue weighted by molar-refractivity contribution is 6.24. The van der Waals surface area contributed by atoms with Crippen LogP contribution in [0.1, 0.15) is 48.8 Å². The van der Waals surface area contributed by atoms with Gasteiger partial charge in [0.15, 0.2) is 17.6 Å². The van der Waals surface area contributed by atoms with Gasteiger partial charge in [-0.1, -0.05) is 6.07 Å². The lowest BCUT2D eigenvalue weighted by Crippen LogP contribution is -2.65. The summed E-state index contributed by atoms with van der Waals surface area (Å²) in [6.07, 6.45) is -8.30. The van der Waals surface area contributed by atoms with E-state index in [9.17, 15) is 41.0 Å². The fourth-order valence-corrected chi connectivity index (χ4v) is 6.86. The Hall–Kier alpha value is -4.62. The molecule has 3 heterocycles. The van der Waals surface area contributed by atoms with Gasteiger partial charge in [-0.25, -0.2) is 14.4 Å². The molecule has 1 spiro atoms. The van der Waals surface area contributed by atoms with Crippen LogP contribution in [-0.2, 0) is 27.0 Å². The van der Waals surface area contributed by atoms with E-state index >= 15 is 8.78 Å². The molecule has 0 radical (unpaired) electrons. The Kier molecular flexibility index (Phi) is 10.8. The standard InChI is InChI=1S/C35H36F8N6O5/c1-47(21-8-12-53-17-21)11-13-54-25-7-4-19(28(36)29(25)37)16-49-32(52)27(30(50)33(48(49)2)9-3-10-33)31(51)46-23-6-5-20(34(38,39)40)14-22(23)24-15-26(35(41,42)43)45-18-44-24/h4-7,14,18,21,26,50H,3,8-13,15-17H2,1-2H3,(H,46,51). The molecular formula is C35H36F8N6O5. The number of anilines is 1. The molecule has 0 bridgehead atoms. The monoisotopic (exact) mass is 772 g/mol. The number of nitrogens with zero attached hydrogens (tertiary/aromatic N) is 5. The van der Waals surface area contributed by atoms with E-state index in [-0.39, 0.29) is 36.8 Å². The lowest BCUT2D eigenvalue weighted by Gasteiger charge is -2.54. The maximum absolute atomic E-state index is 15.5. The molecule has 1 saturated heterocycles. The van der Waals surface area contributed by atoms with Gasteiger partial charge in [0, 0.05) is 43.8 Å². The second kappa shape index (κ2) is 14.9. The molecule has 2 atom stereocenters. The van der Waals surface area contributed by atoms with E-state index in [2.05, 4.69) is 15.3 Å². The van der Waals surface area contributed by atoms with E-state index < -0.39 is 94.2 Å². The predicted octanol–water partition coefficient (Wildman–Crippen LogP) is 5.80. The van der Waals surface area contributed by atoms with Crippen molar-refractivity contribution >= 4 is 29.6 Å². The molecule has 11 nitrogen and oxygen atoms in total. The predicted molar refractivity (Wildman–Crippen MR) is 178 cm³/mol. The molecule has 292 valence electrons. The first-order chi connectivity index (χ1) is 25.4. The van der Waals surface area contributed by atoms with Gasteiger partial charge >= 0.3 is 12.4 Å². The molecule has 0 aromatic heterocycles. The number of carbonyl (C=O) groups is 2. The van der Waals surface area contributed by atoms with Crippen molar-refractivity contribution in [3.05, 3.63) is 70.0 Å². The molecule has 4 aliphatic rings. The zero-order valence-electron chi connectivity index (χ0n) is 29.0. The molecule has 1 aliphatic carbocycles. The summed E-state index contributed by atoms with van der Waals surface area (Å²) < 4.78 is 123. The number of likely N-dealkylation sites (N-methyl/N-ethyl adjacent to an activating group) is 2. The highest BCUT2D eigenvalue weighted by Gasteiger charge is 2.55. The molecule has 19 heteroatoms. The number of benzene rings is 2. The van der Waals surface area contributed by atoms with E-state index in [0.29, 0.717) is 44.7 Å². The number of amides is 2. The van der Waals surface area contributed by atoms with Crippen molar-refractivity contribution in [2.75, 3.05) is 45.8 Å². The van der Waals surface area contributed by atoms with Gasteiger partial charge in [0.05, 0.1) is 35.7 Å². The van der Waals surface area contributed by atoms with Gasteiger partial charge in [0.25, 0.3) is 11.8 Å². The number of rotatable bonds is 10. The summed E-state index contributed by atoms with van der Waals surface area (Å²) in [7, 11) is 3.29. The number of nitrogens with one attached hydrogen (secondary N) is 1. The van der Waals surface area contributed by atoms with Crippen molar-refractivity contribution in [3.63, 3.8) is 0 Å². The van der Waals surface area contributed by atoms with Crippen LogP contribution in [0.3, 0.4) is 0 Å². The first-order valence-electron chi connectivity index (χ1n) is 17.0. The lowest BCUT2D eigenvalue weighted by atomic mass is 9.72. The molecule has 2 aromatic rings. The van der Waals surface area contributed by atoms with E-state index in [4.69, 9.17) is 9.47 Å². The minimum absolute atomic E-state index is 0.0472. The van der Waals surface area contributed by atoms with Crippen LogP contribution in [0.2, 0.25) is 0 Å². The van der Waals surface area contributed by atoms with Crippen molar-refractivity contribution < 1.29 is 59.3 Å². The number of aliphatic hydroxyl groups is 1. The zero-order valence-corrected chi connectivity index (χ0v) is 29.0. The quantitative estimate of drug-likeness (QED) is 0.232. The number of ether oxygens (including phenoxy) is 2. The van der Waals surface area contributed by atoms with E-state index in [1.807, 2.05) is 11.9 Å². The SMILES string of the molecule is CN(CCOc1ccc(CN2C(=O)C(C(=O)Nc3ccc(C(F)(F)F)cc3C3=NC=NC(C(F)(F)F)C3)=C(O)C3(CCC3)N2C)c(F)c1F)C1CCOC1. The second-order valence-electron chi connectivity index (χ2n) is 13.5. The Morgan fingerprint density at radius 1 is 1.13 bits per heavy atom. The van der Waals surface area contributed by atoms with E-state index in [1.54, 1.807) is 0 Å². The number of halogens is 8. The number of hydrogen-bond acceptors (Lipinski definition) is 9. The summed E-state index contributed by atoms with van der Waals surface area (Å²) in [4.78, 5) is 36.8. The summed E-state index contributed by atoms with van der Waals surface area (Å²) >= 11 is 0. The fraction of sp³-hybridized carbons (Fsp3) is 0.486. The third kappa shape index (κ3) is 7.52. The summed E-state index contributed by atoms with van der Waals surface area (Å²) in [6, 6.07) is 2.17. The van der Waals surface area contributed by atoms with Gasteiger partial charge in [0.1, 0.15) is 24.3 Å². The van der Waals surface area contributed by atoms with E-state index in [1.165, 1.54) is 24.2 Å². The first kappa shape index (κ1) is 39.1. The molecule has 2 fully saturated rings. The van der Waals surface area contributed by atoms with Crippen LogP contribution < -0.4 is 10.1 Å². The molecule has 3 aliphatic heterocycles. The molecular weight excluding hydrogens is 736 g/mol. The minimum Gasteiger partial charge on any atom is -0.509 e. The highest BCUT2D eigenvalue weighted by atomic mass is 19.4. The maximum atomic E-state index is 15.5. The average Bonchev–Trinajstić information content (AvgIpc) is 3.64. The number of aliphatic imine (C=N–C) groups is 2. The Labute approximate surface area is 303 Å². The van der Waals surface area contributed by atoms with Gasteiger partial charge in [-0.3, -0.25) is 24.5 Å². The van der Waals surface area contributed by atoms with Crippen molar-refractivity contribution in [1.29, 1.82) is 0 Å². The molecule has 2 unspecified atom stereocenters. The molecule has 2 N–H and O–H groups in total. The third-order valence-electron chi connectivity index (χ3n) is 10.3. The van der Waals surface area contributed by atoms with Crippen LogP contribution in [0, 0.1) is 11.6 Å². The molecule has 2 aromatic carbocycles. The van der Waals surface area contributed by atoms with Gasteiger partial charge in [-0.05, 0) is 57.0 Å². The van der Waals surface area contributed by atoms with Gasteiger partial charge in [0.2, 0.25) is 5.82 Å². The number of hydrogen-bond donors (Lipinski definition) is 2. The second-order valence-corrected chi connectivity index (χ2v) is 13.5. The van der Waals surface area contributed by atoms with Crippen molar-refractivity contribution in [2.45, 2.75) is 68.6 Å². The van der Waals surface area contributed by atoms with Gasteiger partial charge in [-0.15, -0.1) is 0 Å². The number of alkyl halides is 6. The van der Waals surface area contributed by atoms with Crippen molar-refractivity contribution in [3.8, 4) is 5.75 Å². The van der Waals surface area contributed by atoms with Gasteiger partial charge in [-0.2, -0.15) is 30.7 Å². The van der Waals surface area contributed by atoms with Crippen molar-refractivity contribution in [2.24, 2.45) is 9.98 Å². The van der Waals surface area contributed by atoms with E-state index in [0.717, 1.165) is 17.5 Å². The van der Waals surface area contributed by atoms with Crippen LogP contribution in [0.25, 0.3) is 0 Å². The Morgan fingerprint density at radius 2 is 1.87 bits per heavy atom. The summed E-state index contributed by atoms with van der Waals surface area (Å²) in [5.41, 5.74) is -5.13. The minimum atomic E-state index is -4.92. The Morgan fingerprint density at radius 3 is 2.50 bits per heavy atom. The average molecular weight is 773 g/mol. The normalized spacial score (nSPS) is 21.9. The Balaban J connectivity index is 1.25. The fourth-order valence-electron chi connectivity index (χ4n) is 6.86. The van der Waals surface area contributed by atoms with Crippen molar-refractivity contribution in [1.82, 2.24) is 14.9 Å². The summed E-state index contributed by atoms with van der Waals surface area (Å²) in [6.45, 7) is 1.05. The molecule has 6 rings (SSSR count). The third-order valence-corrected chi connectivity index (χ3v) is 10.3. The molecule has 2 amide bonds. The lowest BCUT2D eigenvalue weighted by molar-refractivity contribution is -0.172. The number of aliphatic hydroxyl groups excluding tert-OH is 1. The maximum Gasteiger partial charge on any atom is 0.416 e. The summed E-state index contributed by atoms with van der Waals surface area (Å²) in [5.74, 6) is -6.10. The first-order valence-corrected chi connectivity index (χ1v) is 17.0. The molecule has 1 saturated carbocycles. The summed E-state index contributed by atoms with van der Waals surface area (Å²) in [5, 5.41) is 15.9. The Bertz CT molecular complexity index is 1890. The van der Waals surface area contributed by atoms with Crippen LogP contribution in [0.5, 0.6) is 5.75 Å². The zero-order chi connectivity index (χ0) is 39.2. The number of hydrazine groups is 1.